The molecular formula is C24H24F3N3O6S. The summed E-state index contributed by atoms with van der Waals surface area (Å²) in [5, 5.41) is 39.4. The second kappa shape index (κ2) is 10.6. The standard InChI is InChI=1S/C24H24F3N3O6S/c1-15(2)12-35-20-7-16(9-28)3-5-19(20)36-22-11-30(13-23(22,32)14-31)37(33,34)21-6-4-18(24(25,26)27)8-17(21)10-29/h3-8,15,22,31-32H,11-14H2,1-2H3/t22-,23+/m0/s1. The summed E-state index contributed by atoms with van der Waals surface area (Å²) < 4.78 is 78.0. The van der Waals surface area contributed by atoms with Crippen LogP contribution in [0.15, 0.2) is 41.3 Å². The number of aliphatic hydroxyl groups excluding tert-OH is 1. The Morgan fingerprint density at radius 1 is 1.16 bits per heavy atom. The van der Waals surface area contributed by atoms with Crippen LogP contribution in [0.5, 0.6) is 11.5 Å². The Hall–Kier alpha value is -3.36. The fourth-order valence-electron chi connectivity index (χ4n) is 3.66. The van der Waals surface area contributed by atoms with Gasteiger partial charge in [-0.1, -0.05) is 13.8 Å². The molecule has 1 heterocycles. The first kappa shape index (κ1) is 28.2. The van der Waals surface area contributed by atoms with Crippen LogP contribution in [-0.2, 0) is 16.2 Å². The molecule has 13 heteroatoms. The molecule has 0 aliphatic carbocycles. The molecule has 198 valence electrons. The minimum absolute atomic E-state index is 0.0861. The van der Waals surface area contributed by atoms with E-state index < -0.39 is 63.6 Å². The molecule has 0 aromatic heterocycles. The average molecular weight is 540 g/mol. The van der Waals surface area contributed by atoms with Crippen molar-refractivity contribution >= 4 is 10.0 Å². The summed E-state index contributed by atoms with van der Waals surface area (Å²) in [5.74, 6) is 0.380. The van der Waals surface area contributed by atoms with Gasteiger partial charge in [0.2, 0.25) is 10.0 Å². The van der Waals surface area contributed by atoms with Gasteiger partial charge in [0, 0.05) is 12.6 Å². The average Bonchev–Trinajstić information content (AvgIpc) is 3.19. The van der Waals surface area contributed by atoms with Crippen LogP contribution in [0.1, 0.15) is 30.5 Å². The first-order chi connectivity index (χ1) is 17.2. The first-order valence-corrected chi connectivity index (χ1v) is 12.5. The highest BCUT2D eigenvalue weighted by atomic mass is 32.2. The van der Waals surface area contributed by atoms with Crippen LogP contribution < -0.4 is 9.47 Å². The quantitative estimate of drug-likeness (QED) is 0.521. The van der Waals surface area contributed by atoms with Crippen molar-refractivity contribution in [2.45, 2.75) is 36.6 Å². The molecule has 0 unspecified atom stereocenters. The van der Waals surface area contributed by atoms with Gasteiger partial charge in [-0.2, -0.15) is 28.0 Å². The monoisotopic (exact) mass is 539 g/mol. The number of hydrogen-bond acceptors (Lipinski definition) is 8. The minimum atomic E-state index is -4.78. The van der Waals surface area contributed by atoms with Gasteiger partial charge in [-0.25, -0.2) is 8.42 Å². The Morgan fingerprint density at radius 3 is 2.43 bits per heavy atom. The summed E-state index contributed by atoms with van der Waals surface area (Å²) in [6.07, 6.45) is -6.10. The second-order valence-corrected chi connectivity index (χ2v) is 10.9. The van der Waals surface area contributed by atoms with Gasteiger partial charge >= 0.3 is 6.18 Å². The molecule has 37 heavy (non-hydrogen) atoms. The Bertz CT molecular complexity index is 1350. The van der Waals surface area contributed by atoms with Crippen molar-refractivity contribution in [3.05, 3.63) is 53.1 Å². The Labute approximate surface area is 211 Å². The number of benzene rings is 2. The lowest BCUT2D eigenvalue weighted by atomic mass is 10.0. The van der Waals surface area contributed by atoms with E-state index in [1.165, 1.54) is 24.3 Å². The number of nitriles is 2. The van der Waals surface area contributed by atoms with E-state index in [2.05, 4.69) is 0 Å². The Kier molecular flexibility index (Phi) is 8.05. The molecule has 2 atom stereocenters. The molecule has 0 bridgehead atoms. The van der Waals surface area contributed by atoms with Gasteiger partial charge in [0.15, 0.2) is 11.5 Å². The van der Waals surface area contributed by atoms with Crippen molar-refractivity contribution in [2.75, 3.05) is 26.3 Å². The number of β-amino-alcohol motifs (C(OH)–C–C–N with tert-alkyl or cyclic N) is 1. The number of hydrogen-bond donors (Lipinski definition) is 2. The maximum atomic E-state index is 13.3. The van der Waals surface area contributed by atoms with Gasteiger partial charge in [0.05, 0.1) is 47.4 Å². The molecule has 0 saturated carbocycles. The number of ether oxygens (including phenoxy) is 2. The van der Waals surface area contributed by atoms with Crippen LogP contribution in [0.2, 0.25) is 0 Å². The number of halogens is 3. The van der Waals surface area contributed by atoms with Crippen LogP contribution in [0.25, 0.3) is 0 Å². The number of aliphatic hydroxyl groups is 2. The van der Waals surface area contributed by atoms with Gasteiger partial charge in [-0.05, 0) is 36.2 Å². The van der Waals surface area contributed by atoms with E-state index in [0.717, 1.165) is 4.31 Å². The maximum absolute atomic E-state index is 13.3. The highest BCUT2D eigenvalue weighted by Crippen LogP contribution is 2.37. The van der Waals surface area contributed by atoms with E-state index in [0.29, 0.717) is 18.2 Å². The van der Waals surface area contributed by atoms with Crippen LogP contribution >= 0.6 is 0 Å². The third kappa shape index (κ3) is 5.97. The molecule has 2 aromatic rings. The second-order valence-electron chi connectivity index (χ2n) is 8.96. The zero-order valence-corrected chi connectivity index (χ0v) is 20.7. The van der Waals surface area contributed by atoms with Crippen molar-refractivity contribution in [1.29, 1.82) is 10.5 Å². The highest BCUT2D eigenvalue weighted by Gasteiger charge is 2.51. The molecule has 0 radical (unpaired) electrons. The first-order valence-electron chi connectivity index (χ1n) is 11.0. The molecule has 1 saturated heterocycles. The van der Waals surface area contributed by atoms with Gasteiger partial charge in [-0.15, -0.1) is 0 Å². The van der Waals surface area contributed by atoms with E-state index in [-0.39, 0.29) is 29.6 Å². The summed E-state index contributed by atoms with van der Waals surface area (Å²) >= 11 is 0. The highest BCUT2D eigenvalue weighted by molar-refractivity contribution is 7.89. The van der Waals surface area contributed by atoms with Gasteiger partial charge < -0.3 is 19.7 Å². The van der Waals surface area contributed by atoms with Crippen LogP contribution in [-0.4, -0.2) is 60.9 Å². The lowest BCUT2D eigenvalue weighted by molar-refractivity contribution is -0.137. The molecule has 2 N–H and O–H groups in total. The predicted molar refractivity (Wildman–Crippen MR) is 123 cm³/mol. The van der Waals surface area contributed by atoms with E-state index >= 15 is 0 Å². The number of rotatable bonds is 8. The topological polar surface area (TPSA) is 144 Å². The lowest BCUT2D eigenvalue weighted by Gasteiger charge is -2.28. The summed E-state index contributed by atoms with van der Waals surface area (Å²) in [6.45, 7) is 2.02. The number of alkyl halides is 3. The van der Waals surface area contributed by atoms with E-state index in [4.69, 9.17) is 9.47 Å². The van der Waals surface area contributed by atoms with Crippen molar-refractivity contribution in [3.63, 3.8) is 0 Å². The summed E-state index contributed by atoms with van der Waals surface area (Å²) in [5.41, 5.74) is -3.73. The van der Waals surface area contributed by atoms with Crippen molar-refractivity contribution in [1.82, 2.24) is 4.31 Å². The molecule has 1 fully saturated rings. The SMILES string of the molecule is CC(C)COc1cc(C#N)ccc1O[C@H]1CN(S(=O)(=O)c2ccc(C(F)(F)F)cc2C#N)C[C@@]1(O)CO. The minimum Gasteiger partial charge on any atom is -0.489 e. The van der Waals surface area contributed by atoms with Crippen LogP contribution in [0.3, 0.4) is 0 Å². The van der Waals surface area contributed by atoms with E-state index in [1.807, 2.05) is 19.9 Å². The molecule has 0 amide bonds. The van der Waals surface area contributed by atoms with E-state index in [9.17, 15) is 42.3 Å². The van der Waals surface area contributed by atoms with Gasteiger partial charge in [0.1, 0.15) is 17.8 Å². The summed E-state index contributed by atoms with van der Waals surface area (Å²) in [6, 6.07) is 9.36. The Balaban J connectivity index is 1.95. The van der Waals surface area contributed by atoms with Crippen LogP contribution in [0, 0.1) is 28.6 Å². The molecule has 2 aromatic carbocycles. The molecule has 1 aliphatic rings. The third-order valence-corrected chi connectivity index (χ3v) is 7.52. The third-order valence-electron chi connectivity index (χ3n) is 5.65. The lowest BCUT2D eigenvalue weighted by Crippen LogP contribution is -2.48. The summed E-state index contributed by atoms with van der Waals surface area (Å²) in [7, 11) is -4.57. The van der Waals surface area contributed by atoms with E-state index in [1.54, 1.807) is 0 Å². The fourth-order valence-corrected chi connectivity index (χ4v) is 5.29. The number of sulfonamides is 1. The Morgan fingerprint density at radius 2 is 1.86 bits per heavy atom. The van der Waals surface area contributed by atoms with Gasteiger partial charge in [0.25, 0.3) is 0 Å². The fraction of sp³-hybridized carbons (Fsp3) is 0.417. The zero-order valence-electron chi connectivity index (χ0n) is 19.9. The van der Waals surface area contributed by atoms with Crippen LogP contribution in [0.4, 0.5) is 13.2 Å². The zero-order chi connectivity index (χ0) is 27.6. The van der Waals surface area contributed by atoms with Crippen molar-refractivity contribution < 1.29 is 41.3 Å². The van der Waals surface area contributed by atoms with Crippen molar-refractivity contribution in [3.8, 4) is 23.6 Å². The number of nitrogens with zero attached hydrogens (tertiary/aromatic N) is 3. The normalized spacial score (nSPS) is 20.4. The van der Waals surface area contributed by atoms with Crippen molar-refractivity contribution in [2.24, 2.45) is 5.92 Å². The van der Waals surface area contributed by atoms with Gasteiger partial charge in [-0.3, -0.25) is 0 Å². The predicted octanol–water partition coefficient (Wildman–Crippen LogP) is 2.66. The molecule has 0 spiro atoms. The molecule has 3 rings (SSSR count). The largest absolute Gasteiger partial charge is 0.489 e. The molecule has 1 aliphatic heterocycles. The summed E-state index contributed by atoms with van der Waals surface area (Å²) in [4.78, 5) is -0.678. The smallest absolute Gasteiger partial charge is 0.416 e. The molecule has 9 nitrogen and oxygen atoms in total. The maximum Gasteiger partial charge on any atom is 0.416 e. The molecular weight excluding hydrogens is 515 g/mol.